The first-order chi connectivity index (χ1) is 15.1. The van der Waals surface area contributed by atoms with Gasteiger partial charge in [-0.05, 0) is 75.6 Å². The Morgan fingerprint density at radius 2 is 1.68 bits per heavy atom. The van der Waals surface area contributed by atoms with Crippen LogP contribution in [0.5, 0.6) is 5.75 Å². The van der Waals surface area contributed by atoms with Crippen molar-refractivity contribution in [2.24, 2.45) is 5.41 Å². The quantitative estimate of drug-likeness (QED) is 0.703. The van der Waals surface area contributed by atoms with Gasteiger partial charge in [-0.3, -0.25) is 4.79 Å². The number of rotatable bonds is 8. The molecule has 2 aromatic carbocycles. The molecule has 0 aromatic heterocycles. The van der Waals surface area contributed by atoms with Crippen molar-refractivity contribution in [2.75, 3.05) is 40.3 Å². The molecule has 2 aliphatic rings. The van der Waals surface area contributed by atoms with Gasteiger partial charge in [0.15, 0.2) is 0 Å². The summed E-state index contributed by atoms with van der Waals surface area (Å²) in [7, 11) is 3.72. The number of hydrogen-bond donors (Lipinski definition) is 1. The topological polar surface area (TPSA) is 44.8 Å². The minimum Gasteiger partial charge on any atom is -0.497 e. The molecule has 1 N–H and O–H groups in total. The number of ether oxygens (including phenoxy) is 1. The van der Waals surface area contributed by atoms with Gasteiger partial charge in [0.25, 0.3) is 0 Å². The van der Waals surface area contributed by atoms with Gasteiger partial charge in [-0.2, -0.15) is 0 Å². The van der Waals surface area contributed by atoms with Gasteiger partial charge in [0, 0.05) is 19.1 Å². The molecule has 0 radical (unpaired) electrons. The zero-order valence-corrected chi connectivity index (χ0v) is 18.8. The summed E-state index contributed by atoms with van der Waals surface area (Å²) in [6.45, 7) is 4.69. The van der Waals surface area contributed by atoms with Gasteiger partial charge in [-0.1, -0.05) is 42.5 Å². The molecule has 0 aliphatic carbocycles. The molecular formula is C26H35N3O2. The highest BCUT2D eigenvalue weighted by Crippen LogP contribution is 2.42. The molecule has 1 atom stereocenters. The number of methoxy groups -OCH3 is 1. The van der Waals surface area contributed by atoms with Crippen molar-refractivity contribution in [3.8, 4) is 5.75 Å². The van der Waals surface area contributed by atoms with E-state index >= 15 is 0 Å². The van der Waals surface area contributed by atoms with Crippen molar-refractivity contribution in [1.82, 2.24) is 15.1 Å². The summed E-state index contributed by atoms with van der Waals surface area (Å²) in [6, 6.07) is 19.1. The summed E-state index contributed by atoms with van der Waals surface area (Å²) in [5.74, 6) is 1.22. The first-order valence-corrected chi connectivity index (χ1v) is 11.5. The van der Waals surface area contributed by atoms with Crippen LogP contribution in [0.15, 0.2) is 54.6 Å². The zero-order valence-electron chi connectivity index (χ0n) is 18.8. The van der Waals surface area contributed by atoms with E-state index in [1.165, 1.54) is 11.1 Å². The van der Waals surface area contributed by atoms with Crippen LogP contribution in [-0.4, -0.2) is 56.0 Å². The molecule has 5 heteroatoms. The van der Waals surface area contributed by atoms with E-state index < -0.39 is 0 Å². The molecule has 0 saturated carbocycles. The van der Waals surface area contributed by atoms with Crippen LogP contribution in [0.2, 0.25) is 0 Å². The Morgan fingerprint density at radius 3 is 2.32 bits per heavy atom. The van der Waals surface area contributed by atoms with E-state index in [1.54, 1.807) is 7.11 Å². The van der Waals surface area contributed by atoms with Crippen molar-refractivity contribution >= 4 is 5.91 Å². The molecule has 1 amide bonds. The Morgan fingerprint density at radius 1 is 1.00 bits per heavy atom. The average molecular weight is 422 g/mol. The lowest BCUT2D eigenvalue weighted by Crippen LogP contribution is -2.45. The summed E-state index contributed by atoms with van der Waals surface area (Å²) in [5.41, 5.74) is 2.38. The van der Waals surface area contributed by atoms with Gasteiger partial charge < -0.3 is 19.9 Å². The van der Waals surface area contributed by atoms with E-state index in [1.807, 2.05) is 19.2 Å². The van der Waals surface area contributed by atoms with Crippen molar-refractivity contribution in [2.45, 2.75) is 38.3 Å². The van der Waals surface area contributed by atoms with E-state index in [-0.39, 0.29) is 5.41 Å². The van der Waals surface area contributed by atoms with E-state index in [9.17, 15) is 4.79 Å². The number of carbonyl (C=O) groups excluding carboxylic acids is 1. The van der Waals surface area contributed by atoms with Crippen LogP contribution in [0, 0.1) is 5.41 Å². The van der Waals surface area contributed by atoms with Crippen molar-refractivity contribution in [3.63, 3.8) is 0 Å². The first kappa shape index (κ1) is 21.8. The number of carbonyl (C=O) groups is 1. The minimum absolute atomic E-state index is 0.134. The average Bonchev–Trinajstić information content (AvgIpc) is 3.11. The molecule has 1 spiro atoms. The second-order valence-electron chi connectivity index (χ2n) is 8.99. The third kappa shape index (κ3) is 4.94. The van der Waals surface area contributed by atoms with Gasteiger partial charge >= 0.3 is 0 Å². The second-order valence-corrected chi connectivity index (χ2v) is 8.99. The molecule has 0 bridgehead atoms. The fourth-order valence-corrected chi connectivity index (χ4v) is 5.14. The molecule has 31 heavy (non-hydrogen) atoms. The largest absolute Gasteiger partial charge is 0.497 e. The number of nitrogens with one attached hydrogen (secondary N) is 1. The van der Waals surface area contributed by atoms with Gasteiger partial charge in [-0.25, -0.2) is 0 Å². The molecule has 2 heterocycles. The van der Waals surface area contributed by atoms with Crippen molar-refractivity contribution < 1.29 is 9.53 Å². The van der Waals surface area contributed by atoms with Crippen LogP contribution < -0.4 is 10.1 Å². The molecule has 2 aromatic rings. The van der Waals surface area contributed by atoms with Crippen LogP contribution in [-0.2, 0) is 11.3 Å². The van der Waals surface area contributed by atoms with Gasteiger partial charge in [0.1, 0.15) is 5.75 Å². The molecule has 2 saturated heterocycles. The van der Waals surface area contributed by atoms with Crippen LogP contribution in [0.4, 0.5) is 0 Å². The van der Waals surface area contributed by atoms with Crippen LogP contribution in [0.1, 0.15) is 42.9 Å². The molecule has 1 unspecified atom stereocenters. The number of benzene rings is 2. The normalized spacial score (nSPS) is 19.7. The Balaban J connectivity index is 1.28. The summed E-state index contributed by atoms with van der Waals surface area (Å²) in [4.78, 5) is 17.9. The van der Waals surface area contributed by atoms with Gasteiger partial charge in [-0.15, -0.1) is 0 Å². The Labute approximate surface area is 186 Å². The van der Waals surface area contributed by atoms with Gasteiger partial charge in [0.05, 0.1) is 12.5 Å². The maximum absolute atomic E-state index is 13.3. The predicted octanol–water partition coefficient (Wildman–Crippen LogP) is 3.86. The minimum atomic E-state index is -0.134. The van der Waals surface area contributed by atoms with Crippen molar-refractivity contribution in [3.05, 3.63) is 65.7 Å². The Hall–Kier alpha value is -2.37. The van der Waals surface area contributed by atoms with Crippen LogP contribution in [0.3, 0.4) is 0 Å². The lowest BCUT2D eigenvalue weighted by molar-refractivity contribution is -0.138. The second kappa shape index (κ2) is 9.84. The number of amides is 1. The molecule has 2 fully saturated rings. The SMILES string of the molecule is CNC(CCN1CCC2(CC1)CCN(Cc1ccc(OC)cc1)C2=O)c1ccccc1. The highest BCUT2D eigenvalue weighted by atomic mass is 16.5. The summed E-state index contributed by atoms with van der Waals surface area (Å²) in [5, 5.41) is 3.45. The number of piperidine rings is 1. The number of hydrogen-bond acceptors (Lipinski definition) is 4. The van der Waals surface area contributed by atoms with E-state index in [2.05, 4.69) is 57.6 Å². The molecule has 2 aliphatic heterocycles. The lowest BCUT2D eigenvalue weighted by Gasteiger charge is -2.38. The maximum Gasteiger partial charge on any atom is 0.229 e. The van der Waals surface area contributed by atoms with Crippen LogP contribution >= 0.6 is 0 Å². The van der Waals surface area contributed by atoms with E-state index in [0.717, 1.165) is 57.6 Å². The first-order valence-electron chi connectivity index (χ1n) is 11.5. The zero-order chi connectivity index (χ0) is 21.7. The fraction of sp³-hybridized carbons (Fsp3) is 0.500. The molecule has 166 valence electrons. The molecular weight excluding hydrogens is 386 g/mol. The standard InChI is InChI=1S/C26H35N3O2/c1-27-24(22-6-4-3-5-7-22)12-16-28-17-13-26(14-18-28)15-19-29(25(26)30)20-21-8-10-23(31-2)11-9-21/h3-11,24,27H,12-20H2,1-2H3. The smallest absolute Gasteiger partial charge is 0.229 e. The Bertz CT molecular complexity index is 845. The predicted molar refractivity (Wildman–Crippen MR) is 124 cm³/mol. The highest BCUT2D eigenvalue weighted by Gasteiger charge is 2.47. The summed E-state index contributed by atoms with van der Waals surface area (Å²) in [6.07, 6.45) is 4.06. The van der Waals surface area contributed by atoms with E-state index in [0.29, 0.717) is 18.5 Å². The van der Waals surface area contributed by atoms with Crippen LogP contribution in [0.25, 0.3) is 0 Å². The maximum atomic E-state index is 13.3. The lowest BCUT2D eigenvalue weighted by atomic mass is 9.77. The van der Waals surface area contributed by atoms with Crippen molar-refractivity contribution in [1.29, 1.82) is 0 Å². The molecule has 4 rings (SSSR count). The summed E-state index contributed by atoms with van der Waals surface area (Å²) >= 11 is 0. The number of nitrogens with zero attached hydrogens (tertiary/aromatic N) is 2. The Kier molecular flexibility index (Phi) is 6.93. The third-order valence-corrected chi connectivity index (χ3v) is 7.23. The fourth-order valence-electron chi connectivity index (χ4n) is 5.14. The molecule has 5 nitrogen and oxygen atoms in total. The highest BCUT2D eigenvalue weighted by molar-refractivity contribution is 5.85. The van der Waals surface area contributed by atoms with E-state index in [4.69, 9.17) is 4.74 Å². The number of likely N-dealkylation sites (tertiary alicyclic amines) is 2. The summed E-state index contributed by atoms with van der Waals surface area (Å²) < 4.78 is 5.24. The van der Waals surface area contributed by atoms with Gasteiger partial charge in [0.2, 0.25) is 5.91 Å². The third-order valence-electron chi connectivity index (χ3n) is 7.23. The monoisotopic (exact) mass is 421 g/mol.